The fourth-order valence-corrected chi connectivity index (χ4v) is 1.89. The van der Waals surface area contributed by atoms with Gasteiger partial charge in [0.15, 0.2) is 0 Å². The van der Waals surface area contributed by atoms with Crippen molar-refractivity contribution in [3.05, 3.63) is 0 Å². The minimum atomic E-state index is -0.137. The molecule has 0 bridgehead atoms. The molecule has 0 radical (unpaired) electrons. The molecule has 0 aromatic carbocycles. The van der Waals surface area contributed by atoms with Crippen LogP contribution in [0.15, 0.2) is 0 Å². The van der Waals surface area contributed by atoms with Crippen LogP contribution in [0.3, 0.4) is 0 Å². The molecule has 2 heteroatoms. The van der Waals surface area contributed by atoms with Gasteiger partial charge in [-0.25, -0.2) is 0 Å². The molecular weight excluding hydrogens is 150 g/mol. The Bertz CT molecular complexity index is 145. The van der Waals surface area contributed by atoms with Gasteiger partial charge in [0.25, 0.3) is 0 Å². The van der Waals surface area contributed by atoms with Gasteiger partial charge in [-0.05, 0) is 39.7 Å². The van der Waals surface area contributed by atoms with E-state index >= 15 is 0 Å². The molecule has 1 fully saturated rings. The van der Waals surface area contributed by atoms with Gasteiger partial charge < -0.3 is 5.11 Å². The first-order valence-corrected chi connectivity index (χ1v) is 4.99. The minimum Gasteiger partial charge on any atom is -0.392 e. The van der Waals surface area contributed by atoms with Gasteiger partial charge in [-0.3, -0.25) is 4.90 Å². The molecule has 1 N–H and O–H groups in total. The van der Waals surface area contributed by atoms with E-state index in [1.165, 1.54) is 12.8 Å². The molecule has 1 atom stereocenters. The molecule has 0 saturated carbocycles. The quantitative estimate of drug-likeness (QED) is 0.697. The van der Waals surface area contributed by atoms with Crippen LogP contribution < -0.4 is 0 Å². The van der Waals surface area contributed by atoms with E-state index in [2.05, 4.69) is 18.7 Å². The Morgan fingerprint density at radius 3 is 2.58 bits per heavy atom. The SMILES string of the molecule is CCC(O)CN1CCCC1(C)C. The fourth-order valence-electron chi connectivity index (χ4n) is 1.89. The Labute approximate surface area is 75.6 Å². The van der Waals surface area contributed by atoms with E-state index in [9.17, 15) is 5.11 Å². The molecule has 2 nitrogen and oxygen atoms in total. The van der Waals surface area contributed by atoms with E-state index < -0.39 is 0 Å². The van der Waals surface area contributed by atoms with Gasteiger partial charge in [0.2, 0.25) is 0 Å². The van der Waals surface area contributed by atoms with Gasteiger partial charge in [0.1, 0.15) is 0 Å². The van der Waals surface area contributed by atoms with Crippen molar-refractivity contribution in [1.29, 1.82) is 0 Å². The van der Waals surface area contributed by atoms with Crippen molar-refractivity contribution in [2.24, 2.45) is 0 Å². The topological polar surface area (TPSA) is 23.5 Å². The number of β-amino-alcohol motifs (C(OH)–C–C–N with tert-alkyl or cyclic N) is 1. The lowest BCUT2D eigenvalue weighted by atomic mass is 10.0. The molecule has 72 valence electrons. The molecular formula is C10H21NO. The molecule has 1 aliphatic rings. The Hall–Kier alpha value is -0.0800. The first kappa shape index (κ1) is 10.0. The normalized spacial score (nSPS) is 26.0. The molecule has 12 heavy (non-hydrogen) atoms. The third-order valence-electron chi connectivity index (χ3n) is 2.98. The lowest BCUT2D eigenvalue weighted by Gasteiger charge is -2.32. The third-order valence-corrected chi connectivity index (χ3v) is 2.98. The molecule has 0 aromatic heterocycles. The van der Waals surface area contributed by atoms with Crippen molar-refractivity contribution in [3.8, 4) is 0 Å². The maximum absolute atomic E-state index is 9.51. The van der Waals surface area contributed by atoms with Crippen LogP contribution in [-0.4, -0.2) is 34.7 Å². The van der Waals surface area contributed by atoms with Crippen LogP contribution in [0.5, 0.6) is 0 Å². The third kappa shape index (κ3) is 2.20. The maximum Gasteiger partial charge on any atom is 0.0664 e. The number of hydrogen-bond acceptors (Lipinski definition) is 2. The Morgan fingerprint density at radius 2 is 2.17 bits per heavy atom. The van der Waals surface area contributed by atoms with Gasteiger partial charge in [0.05, 0.1) is 6.10 Å². The summed E-state index contributed by atoms with van der Waals surface area (Å²) in [6.45, 7) is 8.58. The zero-order chi connectivity index (χ0) is 9.19. The van der Waals surface area contributed by atoms with Gasteiger partial charge in [-0.2, -0.15) is 0 Å². The molecule has 1 unspecified atom stereocenters. The van der Waals surface area contributed by atoms with Crippen LogP contribution in [0.25, 0.3) is 0 Å². The molecule has 1 heterocycles. The molecule has 0 aromatic rings. The van der Waals surface area contributed by atoms with E-state index in [0.29, 0.717) is 5.54 Å². The number of aliphatic hydroxyl groups excluding tert-OH is 1. The highest BCUT2D eigenvalue weighted by Gasteiger charge is 2.32. The molecule has 0 amide bonds. The van der Waals surface area contributed by atoms with Crippen molar-refractivity contribution in [3.63, 3.8) is 0 Å². The van der Waals surface area contributed by atoms with Gasteiger partial charge >= 0.3 is 0 Å². The lowest BCUT2D eigenvalue weighted by molar-refractivity contribution is 0.0758. The average molecular weight is 171 g/mol. The lowest BCUT2D eigenvalue weighted by Crippen LogP contribution is -2.42. The van der Waals surface area contributed by atoms with Crippen LogP contribution in [0, 0.1) is 0 Å². The summed E-state index contributed by atoms with van der Waals surface area (Å²) in [4.78, 5) is 2.40. The fraction of sp³-hybridized carbons (Fsp3) is 1.00. The first-order valence-electron chi connectivity index (χ1n) is 4.99. The molecule has 0 aliphatic carbocycles. The van der Waals surface area contributed by atoms with E-state index in [0.717, 1.165) is 19.5 Å². The van der Waals surface area contributed by atoms with Crippen molar-refractivity contribution >= 4 is 0 Å². The molecule has 1 rings (SSSR count). The molecule has 0 spiro atoms. The zero-order valence-electron chi connectivity index (χ0n) is 8.51. The zero-order valence-corrected chi connectivity index (χ0v) is 8.51. The Balaban J connectivity index is 2.41. The predicted molar refractivity (Wildman–Crippen MR) is 51.2 cm³/mol. The summed E-state index contributed by atoms with van der Waals surface area (Å²) < 4.78 is 0. The number of aliphatic hydroxyl groups is 1. The number of nitrogens with zero attached hydrogens (tertiary/aromatic N) is 1. The van der Waals surface area contributed by atoms with Crippen molar-refractivity contribution < 1.29 is 5.11 Å². The van der Waals surface area contributed by atoms with Crippen molar-refractivity contribution in [1.82, 2.24) is 4.90 Å². The van der Waals surface area contributed by atoms with Crippen LogP contribution in [0.4, 0.5) is 0 Å². The molecule has 1 aliphatic heterocycles. The standard InChI is InChI=1S/C10H21NO/c1-4-9(12)8-11-7-5-6-10(11,2)3/h9,12H,4-8H2,1-3H3. The smallest absolute Gasteiger partial charge is 0.0664 e. The van der Waals surface area contributed by atoms with Gasteiger partial charge in [-0.1, -0.05) is 6.92 Å². The summed E-state index contributed by atoms with van der Waals surface area (Å²) >= 11 is 0. The van der Waals surface area contributed by atoms with E-state index in [1.807, 2.05) is 6.92 Å². The van der Waals surface area contributed by atoms with Gasteiger partial charge in [0, 0.05) is 12.1 Å². The highest BCUT2D eigenvalue weighted by molar-refractivity contribution is 4.88. The average Bonchev–Trinajstić information content (AvgIpc) is 2.31. The van der Waals surface area contributed by atoms with Crippen LogP contribution >= 0.6 is 0 Å². The summed E-state index contributed by atoms with van der Waals surface area (Å²) in [6, 6.07) is 0. The van der Waals surface area contributed by atoms with E-state index in [4.69, 9.17) is 0 Å². The Morgan fingerprint density at radius 1 is 1.50 bits per heavy atom. The second kappa shape index (κ2) is 3.75. The summed E-state index contributed by atoms with van der Waals surface area (Å²) in [5.41, 5.74) is 0.316. The van der Waals surface area contributed by atoms with Crippen LogP contribution in [-0.2, 0) is 0 Å². The van der Waals surface area contributed by atoms with Gasteiger partial charge in [-0.15, -0.1) is 0 Å². The Kier molecular flexibility index (Phi) is 3.13. The highest BCUT2D eigenvalue weighted by atomic mass is 16.3. The monoisotopic (exact) mass is 171 g/mol. The van der Waals surface area contributed by atoms with Crippen molar-refractivity contribution in [2.75, 3.05) is 13.1 Å². The number of rotatable bonds is 3. The van der Waals surface area contributed by atoms with Crippen molar-refractivity contribution in [2.45, 2.75) is 51.7 Å². The summed E-state index contributed by atoms with van der Waals surface area (Å²) in [6.07, 6.45) is 3.28. The highest BCUT2D eigenvalue weighted by Crippen LogP contribution is 2.28. The van der Waals surface area contributed by atoms with Crippen LogP contribution in [0.1, 0.15) is 40.0 Å². The first-order chi connectivity index (χ1) is 5.56. The summed E-state index contributed by atoms with van der Waals surface area (Å²) in [5, 5.41) is 9.51. The number of likely N-dealkylation sites (tertiary alicyclic amines) is 1. The number of hydrogen-bond donors (Lipinski definition) is 1. The summed E-state index contributed by atoms with van der Waals surface area (Å²) in [7, 11) is 0. The largest absolute Gasteiger partial charge is 0.392 e. The van der Waals surface area contributed by atoms with Crippen LogP contribution in [0.2, 0.25) is 0 Å². The van der Waals surface area contributed by atoms with E-state index in [-0.39, 0.29) is 6.10 Å². The minimum absolute atomic E-state index is 0.137. The summed E-state index contributed by atoms with van der Waals surface area (Å²) in [5.74, 6) is 0. The maximum atomic E-state index is 9.51. The molecule has 1 saturated heterocycles. The van der Waals surface area contributed by atoms with E-state index in [1.54, 1.807) is 0 Å². The second-order valence-electron chi connectivity index (χ2n) is 4.42. The predicted octanol–water partition coefficient (Wildman–Crippen LogP) is 1.63. The second-order valence-corrected chi connectivity index (χ2v) is 4.42.